The van der Waals surface area contributed by atoms with E-state index in [1.54, 1.807) is 11.3 Å². The fourth-order valence-corrected chi connectivity index (χ4v) is 6.22. The summed E-state index contributed by atoms with van der Waals surface area (Å²) in [4.78, 5) is 26.7. The summed E-state index contributed by atoms with van der Waals surface area (Å²) >= 11 is 4.29. The minimum absolute atomic E-state index is 0.130. The largest absolute Gasteiger partial charge is 0.465 e. The van der Waals surface area contributed by atoms with Gasteiger partial charge in [0.05, 0.1) is 12.9 Å². The fourth-order valence-electron chi connectivity index (χ4n) is 3.68. The van der Waals surface area contributed by atoms with E-state index in [1.165, 1.54) is 40.6 Å². The summed E-state index contributed by atoms with van der Waals surface area (Å²) in [5.41, 5.74) is 6.44. The van der Waals surface area contributed by atoms with Crippen LogP contribution in [0.3, 0.4) is 0 Å². The Bertz CT molecular complexity index is 1420. The Morgan fingerprint density at radius 2 is 1.80 bits per heavy atom. The topological polar surface area (TPSA) is 86.1 Å². The van der Waals surface area contributed by atoms with Crippen LogP contribution in [-0.2, 0) is 16.6 Å². The van der Waals surface area contributed by atoms with Gasteiger partial charge in [-0.05, 0) is 44.4 Å². The molecule has 0 saturated heterocycles. The van der Waals surface area contributed by atoms with Crippen LogP contribution < -0.4 is 5.32 Å². The number of aryl methyl sites for hydroxylation is 3. The number of nitrogens with one attached hydrogen (secondary N) is 1. The average molecular weight is 527 g/mol. The van der Waals surface area contributed by atoms with E-state index >= 15 is 0 Å². The lowest BCUT2D eigenvalue weighted by molar-refractivity contribution is -0.113. The minimum Gasteiger partial charge on any atom is -0.465 e. The number of benzene rings is 1. The number of anilines is 1. The van der Waals surface area contributed by atoms with Crippen LogP contribution in [0.4, 0.5) is 5.00 Å². The molecule has 3 heterocycles. The van der Waals surface area contributed by atoms with Crippen molar-refractivity contribution in [3.05, 3.63) is 56.1 Å². The molecule has 0 aliphatic heterocycles. The second-order valence-electron chi connectivity index (χ2n) is 8.20. The second-order valence-corrected chi connectivity index (χ2v) is 11.1. The Morgan fingerprint density at radius 3 is 2.49 bits per heavy atom. The lowest BCUT2D eigenvalue weighted by Crippen LogP contribution is -2.16. The standard InChI is InChI=1S/C25H26N4O3S3/c1-13-7-8-14(2)17(9-13)19-11-34-23(21(19)24(31)32-6)26-20(30)12-35-25-28-27-22(29(25)5)18-10-33-16(4)15(18)3/h7-11H,12H2,1-6H3,(H,26,30). The first kappa shape index (κ1) is 25.2. The molecule has 1 amide bonds. The zero-order chi connectivity index (χ0) is 25.3. The summed E-state index contributed by atoms with van der Waals surface area (Å²) in [6.45, 7) is 8.16. The molecule has 4 rings (SSSR count). The molecule has 1 N–H and O–H groups in total. The highest BCUT2D eigenvalue weighted by Gasteiger charge is 2.24. The number of nitrogens with zero attached hydrogens (tertiary/aromatic N) is 3. The number of hydrogen-bond acceptors (Lipinski definition) is 8. The van der Waals surface area contributed by atoms with Gasteiger partial charge in [-0.15, -0.1) is 32.9 Å². The molecule has 4 aromatic rings. The maximum atomic E-state index is 12.8. The molecule has 0 atom stereocenters. The van der Waals surface area contributed by atoms with Gasteiger partial charge in [0.2, 0.25) is 5.91 Å². The molecule has 7 nitrogen and oxygen atoms in total. The molecule has 0 saturated carbocycles. The van der Waals surface area contributed by atoms with Gasteiger partial charge in [0.25, 0.3) is 0 Å². The van der Waals surface area contributed by atoms with Gasteiger partial charge in [0.1, 0.15) is 10.6 Å². The second kappa shape index (κ2) is 10.3. The number of amides is 1. The van der Waals surface area contributed by atoms with Gasteiger partial charge >= 0.3 is 5.97 Å². The average Bonchev–Trinajstić information content (AvgIpc) is 3.51. The number of hydrogen-bond donors (Lipinski definition) is 1. The van der Waals surface area contributed by atoms with E-state index in [0.29, 0.717) is 15.7 Å². The van der Waals surface area contributed by atoms with Crippen LogP contribution in [0.15, 0.2) is 34.1 Å². The Morgan fingerprint density at radius 1 is 1.06 bits per heavy atom. The van der Waals surface area contributed by atoms with Gasteiger partial charge in [-0.2, -0.15) is 0 Å². The minimum atomic E-state index is -0.482. The van der Waals surface area contributed by atoms with Crippen LogP contribution in [0, 0.1) is 27.7 Å². The van der Waals surface area contributed by atoms with E-state index in [0.717, 1.165) is 33.6 Å². The summed E-state index contributed by atoms with van der Waals surface area (Å²) in [6, 6.07) is 6.08. The monoisotopic (exact) mass is 526 g/mol. The molecule has 0 radical (unpaired) electrons. The van der Waals surface area contributed by atoms with E-state index < -0.39 is 5.97 Å². The van der Waals surface area contributed by atoms with Gasteiger partial charge in [0.15, 0.2) is 11.0 Å². The summed E-state index contributed by atoms with van der Waals surface area (Å²) in [5, 5.41) is 16.6. The molecule has 0 fully saturated rings. The number of methoxy groups -OCH3 is 1. The maximum Gasteiger partial charge on any atom is 0.341 e. The maximum absolute atomic E-state index is 12.8. The summed E-state index contributed by atoms with van der Waals surface area (Å²) in [6.07, 6.45) is 0. The quantitative estimate of drug-likeness (QED) is 0.234. The van der Waals surface area contributed by atoms with Crippen molar-refractivity contribution in [3.63, 3.8) is 0 Å². The van der Waals surface area contributed by atoms with E-state index in [9.17, 15) is 9.59 Å². The van der Waals surface area contributed by atoms with Crippen LogP contribution in [0.2, 0.25) is 0 Å². The Balaban J connectivity index is 1.52. The number of rotatable bonds is 7. The van der Waals surface area contributed by atoms with E-state index in [4.69, 9.17) is 4.74 Å². The molecule has 0 aliphatic rings. The third-order valence-corrected chi connectivity index (χ3v) is 8.74. The molecule has 0 aliphatic carbocycles. The zero-order valence-corrected chi connectivity index (χ0v) is 22.8. The first-order valence-electron chi connectivity index (χ1n) is 10.9. The third kappa shape index (κ3) is 5.05. The highest BCUT2D eigenvalue weighted by molar-refractivity contribution is 7.99. The Labute approximate surface area is 216 Å². The van der Waals surface area contributed by atoms with Gasteiger partial charge in [-0.25, -0.2) is 4.79 Å². The predicted molar refractivity (Wildman–Crippen MR) is 144 cm³/mol. The van der Waals surface area contributed by atoms with Gasteiger partial charge in [0, 0.05) is 33.8 Å². The van der Waals surface area contributed by atoms with Crippen LogP contribution >= 0.6 is 34.4 Å². The Hall–Kier alpha value is -2.95. The van der Waals surface area contributed by atoms with Crippen molar-refractivity contribution in [1.82, 2.24) is 14.8 Å². The summed E-state index contributed by atoms with van der Waals surface area (Å²) < 4.78 is 6.94. The van der Waals surface area contributed by atoms with Crippen molar-refractivity contribution < 1.29 is 14.3 Å². The summed E-state index contributed by atoms with van der Waals surface area (Å²) in [5.74, 6) is 0.190. The van der Waals surface area contributed by atoms with Gasteiger partial charge in [-0.3, -0.25) is 4.79 Å². The van der Waals surface area contributed by atoms with Gasteiger partial charge < -0.3 is 14.6 Å². The molecular formula is C25H26N4O3S3. The third-order valence-electron chi connectivity index (χ3n) is 5.81. The van der Waals surface area contributed by atoms with Crippen molar-refractivity contribution in [2.24, 2.45) is 7.05 Å². The number of thiophene rings is 2. The molecule has 0 unspecified atom stereocenters. The molecule has 0 bridgehead atoms. The smallest absolute Gasteiger partial charge is 0.341 e. The number of carbonyl (C=O) groups excluding carboxylic acids is 2. The van der Waals surface area contributed by atoms with Crippen LogP contribution in [0.1, 0.15) is 31.9 Å². The predicted octanol–water partition coefficient (Wildman–Crippen LogP) is 6.02. The zero-order valence-electron chi connectivity index (χ0n) is 20.4. The van der Waals surface area contributed by atoms with E-state index in [1.807, 2.05) is 49.0 Å². The number of ether oxygens (including phenoxy) is 1. The first-order valence-corrected chi connectivity index (χ1v) is 13.6. The molecule has 1 aromatic carbocycles. The SMILES string of the molecule is COC(=O)c1c(-c2cc(C)ccc2C)csc1NC(=O)CSc1nnc(-c2csc(C)c2C)n1C. The molecule has 35 heavy (non-hydrogen) atoms. The van der Waals surface area contributed by atoms with Crippen molar-refractivity contribution in [1.29, 1.82) is 0 Å². The molecule has 182 valence electrons. The molecular weight excluding hydrogens is 501 g/mol. The molecule has 0 spiro atoms. The van der Waals surface area contributed by atoms with Crippen LogP contribution in [0.25, 0.3) is 22.5 Å². The van der Waals surface area contributed by atoms with Crippen molar-refractivity contribution in [3.8, 4) is 22.5 Å². The lowest BCUT2D eigenvalue weighted by Gasteiger charge is -2.10. The summed E-state index contributed by atoms with van der Waals surface area (Å²) in [7, 11) is 3.24. The molecule has 10 heteroatoms. The van der Waals surface area contributed by atoms with Crippen molar-refractivity contribution >= 4 is 51.3 Å². The molecule has 3 aromatic heterocycles. The van der Waals surface area contributed by atoms with Gasteiger partial charge in [-0.1, -0.05) is 35.5 Å². The highest BCUT2D eigenvalue weighted by atomic mass is 32.2. The fraction of sp³-hybridized carbons (Fsp3) is 0.280. The highest BCUT2D eigenvalue weighted by Crippen LogP contribution is 2.38. The number of esters is 1. The number of thioether (sulfide) groups is 1. The Kier molecular flexibility index (Phi) is 7.44. The van der Waals surface area contributed by atoms with E-state index in [-0.39, 0.29) is 11.7 Å². The van der Waals surface area contributed by atoms with Crippen molar-refractivity contribution in [2.45, 2.75) is 32.9 Å². The van der Waals surface area contributed by atoms with Crippen LogP contribution in [0.5, 0.6) is 0 Å². The van der Waals surface area contributed by atoms with E-state index in [2.05, 4.69) is 34.7 Å². The number of carbonyl (C=O) groups is 2. The number of aromatic nitrogens is 3. The lowest BCUT2D eigenvalue weighted by atomic mass is 9.97. The first-order chi connectivity index (χ1) is 16.7. The van der Waals surface area contributed by atoms with Crippen molar-refractivity contribution in [2.75, 3.05) is 18.2 Å². The normalized spacial score (nSPS) is 11.0. The van der Waals surface area contributed by atoms with Crippen LogP contribution in [-0.4, -0.2) is 39.5 Å².